The number of unbranched alkanes of at least 4 members (excludes halogenated alkanes) is 16. The molecule has 11 heteroatoms. The Morgan fingerprint density at radius 1 is 0.659 bits per heavy atom. The minimum atomic E-state index is -5.17. The molecule has 41 heavy (non-hydrogen) atoms. The fourth-order valence-corrected chi connectivity index (χ4v) is 5.93. The number of carbonyl (C=O) groups excluding carboxylic acids is 2. The van der Waals surface area contributed by atoms with Gasteiger partial charge in [-0.1, -0.05) is 117 Å². The van der Waals surface area contributed by atoms with Crippen molar-refractivity contribution in [3.63, 3.8) is 0 Å². The molecule has 0 radical (unpaired) electrons. The topological polar surface area (TPSA) is 171 Å². The van der Waals surface area contributed by atoms with Crippen LogP contribution in [0.3, 0.4) is 0 Å². The van der Waals surface area contributed by atoms with E-state index in [2.05, 4.69) is 13.8 Å². The summed E-state index contributed by atoms with van der Waals surface area (Å²) >= 11 is 0. The summed E-state index contributed by atoms with van der Waals surface area (Å²) in [5.41, 5.74) is -2.77. The molecule has 0 aliphatic carbocycles. The second-order valence-electron chi connectivity index (χ2n) is 11.1. The van der Waals surface area contributed by atoms with Gasteiger partial charge < -0.3 is 25.3 Å². The summed E-state index contributed by atoms with van der Waals surface area (Å²) in [6, 6.07) is 0. The monoisotopic (exact) mass is 610 g/mol. The second kappa shape index (κ2) is 24.7. The van der Waals surface area contributed by atoms with Crippen LogP contribution in [0.4, 0.5) is 0 Å². The molecule has 0 saturated carbocycles. The van der Waals surface area contributed by atoms with Crippen molar-refractivity contribution in [2.45, 2.75) is 160 Å². The Balaban J connectivity index is 5.34. The molecule has 244 valence electrons. The lowest BCUT2D eigenvalue weighted by Gasteiger charge is -2.35. The van der Waals surface area contributed by atoms with E-state index in [1.54, 1.807) is 0 Å². The molecule has 0 rings (SSSR count). The van der Waals surface area contributed by atoms with Crippen molar-refractivity contribution in [1.29, 1.82) is 0 Å². The van der Waals surface area contributed by atoms with Crippen molar-refractivity contribution in [3.05, 3.63) is 0 Å². The molecule has 0 spiro atoms. The summed E-state index contributed by atoms with van der Waals surface area (Å²) < 4.78 is 22.6. The van der Waals surface area contributed by atoms with Gasteiger partial charge in [0.2, 0.25) is 5.60 Å². The molecule has 2 unspecified atom stereocenters. The summed E-state index contributed by atoms with van der Waals surface area (Å²) in [5, 5.41) is 38.9. The van der Waals surface area contributed by atoms with Gasteiger partial charge in [-0.05, 0) is 12.8 Å². The molecular weight excluding hydrogens is 551 g/mol. The van der Waals surface area contributed by atoms with Gasteiger partial charge in [-0.3, -0.25) is 18.6 Å². The van der Waals surface area contributed by atoms with Crippen molar-refractivity contribution in [2.75, 3.05) is 19.8 Å². The average molecular weight is 611 g/mol. The highest BCUT2D eigenvalue weighted by atomic mass is 31.2. The minimum Gasteiger partial charge on any atom is -0.394 e. The van der Waals surface area contributed by atoms with E-state index in [4.69, 9.17) is 14.2 Å². The van der Waals surface area contributed by atoms with Crippen molar-refractivity contribution in [2.24, 2.45) is 0 Å². The van der Waals surface area contributed by atoms with Crippen LogP contribution in [-0.4, -0.2) is 74.5 Å². The standard InChI is InChI=1S/C30H59O10P/c1-3-5-7-9-11-13-15-17-19-21-27(34)30(29(36)24-32,40-41(37,38)39-25-26(33)23-31)28(35)22-20-18-16-14-12-10-8-6-4-2/h26,29,31-33,36H,3-25H2,1-2H3,(H,37,38)/t26-,29?/m1/s1. The van der Waals surface area contributed by atoms with Crippen LogP contribution in [0.2, 0.25) is 0 Å². The van der Waals surface area contributed by atoms with Gasteiger partial charge in [0.25, 0.3) is 0 Å². The third-order valence-corrected chi connectivity index (χ3v) is 8.38. The third kappa shape index (κ3) is 17.9. The molecule has 0 aromatic carbocycles. The molecule has 0 heterocycles. The Kier molecular flexibility index (Phi) is 24.3. The first-order chi connectivity index (χ1) is 19.6. The minimum absolute atomic E-state index is 0.185. The number of aliphatic hydroxyl groups excluding tert-OH is 4. The molecule has 0 aliphatic heterocycles. The molecular formula is C30H59O10P. The van der Waals surface area contributed by atoms with E-state index < -0.39 is 57.0 Å². The average Bonchev–Trinajstić information content (AvgIpc) is 2.96. The first kappa shape index (κ1) is 40.3. The van der Waals surface area contributed by atoms with E-state index in [0.717, 1.165) is 51.4 Å². The molecule has 5 N–H and O–H groups in total. The van der Waals surface area contributed by atoms with Crippen LogP contribution in [-0.2, 0) is 23.2 Å². The largest absolute Gasteiger partial charge is 0.473 e. The molecule has 3 atom stereocenters. The fourth-order valence-electron chi connectivity index (χ4n) is 4.82. The number of rotatable bonds is 30. The quantitative estimate of drug-likeness (QED) is 0.0395. The predicted octanol–water partition coefficient (Wildman–Crippen LogP) is 5.55. The Morgan fingerprint density at radius 2 is 1.02 bits per heavy atom. The third-order valence-electron chi connectivity index (χ3n) is 7.39. The van der Waals surface area contributed by atoms with Crippen LogP contribution in [0.1, 0.15) is 142 Å². The highest BCUT2D eigenvalue weighted by Crippen LogP contribution is 2.49. The number of phosphoric acid groups is 1. The van der Waals surface area contributed by atoms with E-state index in [1.165, 1.54) is 38.5 Å². The second-order valence-corrected chi connectivity index (χ2v) is 12.5. The van der Waals surface area contributed by atoms with E-state index >= 15 is 0 Å². The van der Waals surface area contributed by atoms with Crippen LogP contribution in [0, 0.1) is 0 Å². The van der Waals surface area contributed by atoms with Gasteiger partial charge in [-0.2, -0.15) is 0 Å². The van der Waals surface area contributed by atoms with Crippen LogP contribution in [0.25, 0.3) is 0 Å². The summed E-state index contributed by atoms with van der Waals surface area (Å²) in [6.45, 7) is 1.73. The molecule has 0 aromatic heterocycles. The lowest BCUT2D eigenvalue weighted by Crippen LogP contribution is -2.58. The maximum atomic E-state index is 13.5. The van der Waals surface area contributed by atoms with Gasteiger partial charge in [0.1, 0.15) is 12.2 Å². The molecule has 0 amide bonds. The summed E-state index contributed by atoms with van der Waals surface area (Å²) in [4.78, 5) is 37.2. The molecule has 0 aliphatic rings. The van der Waals surface area contributed by atoms with Crippen molar-refractivity contribution >= 4 is 19.4 Å². The summed E-state index contributed by atoms with van der Waals surface area (Å²) in [6.07, 6.45) is 13.8. The summed E-state index contributed by atoms with van der Waals surface area (Å²) in [5.74, 6) is -1.77. The number of hydrogen-bond donors (Lipinski definition) is 5. The van der Waals surface area contributed by atoms with Crippen LogP contribution in [0.15, 0.2) is 0 Å². The van der Waals surface area contributed by atoms with Crippen LogP contribution >= 0.6 is 7.82 Å². The fraction of sp³-hybridized carbons (Fsp3) is 0.933. The number of aliphatic hydroxyl groups is 4. The lowest BCUT2D eigenvalue weighted by molar-refractivity contribution is -0.165. The van der Waals surface area contributed by atoms with Crippen molar-refractivity contribution < 1.29 is 48.5 Å². The van der Waals surface area contributed by atoms with Gasteiger partial charge in [-0.15, -0.1) is 0 Å². The highest BCUT2D eigenvalue weighted by molar-refractivity contribution is 7.47. The van der Waals surface area contributed by atoms with E-state index in [0.29, 0.717) is 25.7 Å². The number of Topliss-reactive ketones (excluding diaryl/α,β-unsaturated/α-hetero) is 2. The zero-order valence-electron chi connectivity index (χ0n) is 25.6. The van der Waals surface area contributed by atoms with Gasteiger partial charge in [0.05, 0.1) is 19.8 Å². The lowest BCUT2D eigenvalue weighted by atomic mass is 9.82. The SMILES string of the molecule is CCCCCCCCCCCC(=O)C(OP(=O)(O)OC[C@H](O)CO)(C(=O)CCCCCCCCCCC)C(O)CO. The molecule has 0 fully saturated rings. The highest BCUT2D eigenvalue weighted by Gasteiger charge is 2.55. The van der Waals surface area contributed by atoms with Gasteiger partial charge in [0.15, 0.2) is 11.6 Å². The smallest absolute Gasteiger partial charge is 0.394 e. The van der Waals surface area contributed by atoms with Crippen LogP contribution in [0.5, 0.6) is 0 Å². The zero-order valence-corrected chi connectivity index (χ0v) is 26.5. The molecule has 0 aromatic rings. The van der Waals surface area contributed by atoms with Crippen molar-refractivity contribution in [1.82, 2.24) is 0 Å². The number of carbonyl (C=O) groups is 2. The Labute approximate surface area is 247 Å². The maximum absolute atomic E-state index is 13.5. The van der Waals surface area contributed by atoms with E-state index in [9.17, 15) is 34.4 Å². The summed E-state index contributed by atoms with van der Waals surface area (Å²) in [7, 11) is -5.17. The molecule has 10 nitrogen and oxygen atoms in total. The van der Waals surface area contributed by atoms with E-state index in [1.807, 2.05) is 0 Å². The van der Waals surface area contributed by atoms with Gasteiger partial charge in [0, 0.05) is 12.8 Å². The number of phosphoric ester groups is 1. The van der Waals surface area contributed by atoms with E-state index in [-0.39, 0.29) is 12.8 Å². The maximum Gasteiger partial charge on any atom is 0.473 e. The van der Waals surface area contributed by atoms with Gasteiger partial charge >= 0.3 is 7.82 Å². The van der Waals surface area contributed by atoms with Crippen LogP contribution < -0.4 is 0 Å². The normalized spacial score (nSPS) is 15.0. The number of hydrogen-bond acceptors (Lipinski definition) is 9. The molecule has 0 saturated heterocycles. The Hall–Kier alpha value is -0.710. The Morgan fingerprint density at radius 3 is 1.37 bits per heavy atom. The van der Waals surface area contributed by atoms with Gasteiger partial charge in [-0.25, -0.2) is 4.57 Å². The van der Waals surface area contributed by atoms with Crippen molar-refractivity contribution in [3.8, 4) is 0 Å². The Bertz CT molecular complexity index is 683. The first-order valence-corrected chi connectivity index (χ1v) is 17.4. The molecule has 0 bridgehead atoms. The first-order valence-electron chi connectivity index (χ1n) is 15.9. The zero-order chi connectivity index (χ0) is 31.0. The number of ketones is 2. The predicted molar refractivity (Wildman–Crippen MR) is 159 cm³/mol.